The molecule has 1 aromatic carbocycles. The van der Waals surface area contributed by atoms with Crippen LogP contribution in [-0.2, 0) is 6.42 Å². The molecule has 4 rings (SSSR count). The number of hydrogen-bond acceptors (Lipinski definition) is 6. The highest BCUT2D eigenvalue weighted by atomic mass is 35.5. The normalized spacial score (nSPS) is 11.5. The van der Waals surface area contributed by atoms with Gasteiger partial charge in [-0.15, -0.1) is 10.2 Å². The van der Waals surface area contributed by atoms with Gasteiger partial charge in [0, 0.05) is 11.2 Å². The maximum Gasteiger partial charge on any atom is 0.257 e. The van der Waals surface area contributed by atoms with E-state index in [2.05, 4.69) is 34.2 Å². The zero-order valence-corrected chi connectivity index (χ0v) is 14.5. The standard InChI is InChI=1S/C18H15ClN4O2/c1-10(2)16-14-8-12(9-20-18(14)25-23-16)17-22-21-15(24-17)7-11-3-5-13(19)6-4-11/h3-6,8-10H,7H2,1-2H3. The van der Waals surface area contributed by atoms with Crippen LogP contribution in [0.1, 0.15) is 36.9 Å². The average Bonchev–Trinajstić information content (AvgIpc) is 3.23. The highest BCUT2D eigenvalue weighted by Crippen LogP contribution is 2.27. The summed E-state index contributed by atoms with van der Waals surface area (Å²) in [5, 5.41) is 13.9. The van der Waals surface area contributed by atoms with E-state index in [1.54, 1.807) is 6.20 Å². The maximum absolute atomic E-state index is 5.90. The van der Waals surface area contributed by atoms with Crippen LogP contribution in [0.25, 0.3) is 22.6 Å². The fourth-order valence-corrected chi connectivity index (χ4v) is 2.73. The molecule has 0 aliphatic heterocycles. The molecule has 0 aliphatic rings. The van der Waals surface area contributed by atoms with Crippen LogP contribution < -0.4 is 0 Å². The smallest absolute Gasteiger partial charge is 0.257 e. The summed E-state index contributed by atoms with van der Waals surface area (Å²) in [6.07, 6.45) is 2.20. The van der Waals surface area contributed by atoms with Gasteiger partial charge in [-0.05, 0) is 29.7 Å². The fraction of sp³-hybridized carbons (Fsp3) is 0.222. The van der Waals surface area contributed by atoms with Crippen molar-refractivity contribution < 1.29 is 8.94 Å². The fourth-order valence-electron chi connectivity index (χ4n) is 2.60. The lowest BCUT2D eigenvalue weighted by atomic mass is 10.1. The Hall–Kier alpha value is -2.73. The lowest BCUT2D eigenvalue weighted by Gasteiger charge is -1.99. The Kier molecular flexibility index (Phi) is 3.97. The number of hydrogen-bond donors (Lipinski definition) is 0. The SMILES string of the molecule is CC(C)c1noc2ncc(-c3nnc(Cc4ccc(Cl)cc4)o3)cc12. The molecule has 0 amide bonds. The van der Waals surface area contributed by atoms with E-state index in [9.17, 15) is 0 Å². The Morgan fingerprint density at radius 1 is 1.12 bits per heavy atom. The van der Waals surface area contributed by atoms with E-state index in [4.69, 9.17) is 20.5 Å². The number of rotatable bonds is 4. The molecule has 126 valence electrons. The van der Waals surface area contributed by atoms with E-state index in [1.165, 1.54) is 0 Å². The van der Waals surface area contributed by atoms with Crippen molar-refractivity contribution in [3.05, 3.63) is 58.7 Å². The second-order valence-corrected chi connectivity index (χ2v) is 6.54. The van der Waals surface area contributed by atoms with Crippen molar-refractivity contribution in [2.24, 2.45) is 0 Å². The Morgan fingerprint density at radius 2 is 1.92 bits per heavy atom. The van der Waals surface area contributed by atoms with Gasteiger partial charge in [-0.3, -0.25) is 0 Å². The van der Waals surface area contributed by atoms with Crippen molar-refractivity contribution >= 4 is 22.7 Å². The molecule has 0 unspecified atom stereocenters. The number of pyridine rings is 1. The minimum Gasteiger partial charge on any atom is -0.420 e. The zero-order chi connectivity index (χ0) is 17.4. The molecule has 0 spiro atoms. The van der Waals surface area contributed by atoms with Crippen LogP contribution in [0.15, 0.2) is 45.5 Å². The Bertz CT molecular complexity index is 1020. The minimum atomic E-state index is 0.237. The Labute approximate surface area is 148 Å². The van der Waals surface area contributed by atoms with Crippen LogP contribution in [0.3, 0.4) is 0 Å². The monoisotopic (exact) mass is 354 g/mol. The number of halogens is 1. The van der Waals surface area contributed by atoms with Gasteiger partial charge in [0.25, 0.3) is 5.71 Å². The maximum atomic E-state index is 5.90. The summed E-state index contributed by atoms with van der Waals surface area (Å²) in [7, 11) is 0. The zero-order valence-electron chi connectivity index (χ0n) is 13.7. The first-order valence-electron chi connectivity index (χ1n) is 7.92. The van der Waals surface area contributed by atoms with Crippen molar-refractivity contribution in [1.82, 2.24) is 20.3 Å². The van der Waals surface area contributed by atoms with E-state index in [1.807, 2.05) is 30.3 Å². The van der Waals surface area contributed by atoms with Crippen LogP contribution in [0.2, 0.25) is 5.02 Å². The summed E-state index contributed by atoms with van der Waals surface area (Å²) in [5.74, 6) is 1.20. The van der Waals surface area contributed by atoms with E-state index < -0.39 is 0 Å². The Balaban J connectivity index is 1.64. The van der Waals surface area contributed by atoms with Crippen molar-refractivity contribution in [1.29, 1.82) is 0 Å². The molecule has 6 nitrogen and oxygen atoms in total. The second kappa shape index (κ2) is 6.29. The van der Waals surface area contributed by atoms with Gasteiger partial charge in [-0.2, -0.15) is 0 Å². The van der Waals surface area contributed by atoms with Crippen LogP contribution >= 0.6 is 11.6 Å². The highest BCUT2D eigenvalue weighted by molar-refractivity contribution is 6.30. The molecule has 0 fully saturated rings. The third kappa shape index (κ3) is 3.13. The number of fused-ring (bicyclic) bond motifs is 1. The van der Waals surface area contributed by atoms with Gasteiger partial charge < -0.3 is 8.94 Å². The first-order valence-corrected chi connectivity index (χ1v) is 8.30. The van der Waals surface area contributed by atoms with E-state index in [-0.39, 0.29) is 5.92 Å². The van der Waals surface area contributed by atoms with Gasteiger partial charge in [0.2, 0.25) is 11.8 Å². The lowest BCUT2D eigenvalue weighted by molar-refractivity contribution is 0.434. The molecule has 0 N–H and O–H groups in total. The molecule has 0 atom stereocenters. The van der Waals surface area contributed by atoms with Crippen molar-refractivity contribution in [3.8, 4) is 11.5 Å². The van der Waals surface area contributed by atoms with Crippen LogP contribution in [-0.4, -0.2) is 20.3 Å². The summed E-state index contributed by atoms with van der Waals surface area (Å²) in [4.78, 5) is 4.29. The number of nitrogens with zero attached hydrogens (tertiary/aromatic N) is 4. The molecule has 0 saturated heterocycles. The molecule has 0 saturated carbocycles. The summed E-state index contributed by atoms with van der Waals surface area (Å²) in [6, 6.07) is 9.47. The quantitative estimate of drug-likeness (QED) is 0.531. The van der Waals surface area contributed by atoms with Gasteiger partial charge >= 0.3 is 0 Å². The third-order valence-corrected chi connectivity index (χ3v) is 4.14. The molecule has 3 aromatic heterocycles. The highest BCUT2D eigenvalue weighted by Gasteiger charge is 2.16. The largest absolute Gasteiger partial charge is 0.420 e. The van der Waals surface area contributed by atoms with E-state index >= 15 is 0 Å². The first-order chi connectivity index (χ1) is 12.1. The predicted molar refractivity (Wildman–Crippen MR) is 93.4 cm³/mol. The summed E-state index contributed by atoms with van der Waals surface area (Å²) < 4.78 is 11.0. The van der Waals surface area contributed by atoms with Gasteiger partial charge in [0.1, 0.15) is 0 Å². The molecular formula is C18H15ClN4O2. The molecule has 7 heteroatoms. The first kappa shape index (κ1) is 15.8. The molecule has 0 bridgehead atoms. The minimum absolute atomic E-state index is 0.237. The molecular weight excluding hydrogens is 340 g/mol. The van der Waals surface area contributed by atoms with E-state index in [0.29, 0.717) is 28.9 Å². The van der Waals surface area contributed by atoms with Crippen molar-refractivity contribution in [2.45, 2.75) is 26.2 Å². The number of benzene rings is 1. The van der Waals surface area contributed by atoms with Crippen LogP contribution in [0, 0.1) is 0 Å². The Morgan fingerprint density at radius 3 is 2.68 bits per heavy atom. The van der Waals surface area contributed by atoms with Gasteiger partial charge in [0.05, 0.1) is 23.1 Å². The molecule has 25 heavy (non-hydrogen) atoms. The molecule has 0 aliphatic carbocycles. The third-order valence-electron chi connectivity index (χ3n) is 3.89. The van der Waals surface area contributed by atoms with Gasteiger partial charge in [-0.25, -0.2) is 4.98 Å². The van der Waals surface area contributed by atoms with Gasteiger partial charge in [0.15, 0.2) is 0 Å². The molecule has 3 heterocycles. The van der Waals surface area contributed by atoms with Crippen LogP contribution in [0.5, 0.6) is 0 Å². The topological polar surface area (TPSA) is 77.8 Å². The van der Waals surface area contributed by atoms with Gasteiger partial charge in [-0.1, -0.05) is 42.7 Å². The van der Waals surface area contributed by atoms with Crippen LogP contribution in [0.4, 0.5) is 0 Å². The summed E-state index contributed by atoms with van der Waals surface area (Å²) in [6.45, 7) is 4.11. The average molecular weight is 355 g/mol. The lowest BCUT2D eigenvalue weighted by Crippen LogP contribution is -1.88. The second-order valence-electron chi connectivity index (χ2n) is 6.10. The van der Waals surface area contributed by atoms with E-state index in [0.717, 1.165) is 22.2 Å². The van der Waals surface area contributed by atoms with Crippen molar-refractivity contribution in [2.75, 3.05) is 0 Å². The number of aromatic nitrogens is 4. The summed E-state index contributed by atoms with van der Waals surface area (Å²) >= 11 is 5.90. The van der Waals surface area contributed by atoms with Crippen molar-refractivity contribution in [3.63, 3.8) is 0 Å². The predicted octanol–water partition coefficient (Wildman–Crippen LogP) is 4.64. The summed E-state index contributed by atoms with van der Waals surface area (Å²) in [5.41, 5.74) is 3.17. The molecule has 0 radical (unpaired) electrons. The molecule has 4 aromatic rings.